The Bertz CT molecular complexity index is 375. The summed E-state index contributed by atoms with van der Waals surface area (Å²) in [6.45, 7) is 5.05. The van der Waals surface area contributed by atoms with Gasteiger partial charge in [0.2, 0.25) is 0 Å². The van der Waals surface area contributed by atoms with Crippen LogP contribution in [0.25, 0.3) is 0 Å². The van der Waals surface area contributed by atoms with Crippen molar-refractivity contribution in [1.29, 1.82) is 0 Å². The van der Waals surface area contributed by atoms with Crippen LogP contribution in [0.3, 0.4) is 0 Å². The molecule has 94 valence electrons. The summed E-state index contributed by atoms with van der Waals surface area (Å²) in [5, 5.41) is 3.68. The van der Waals surface area contributed by atoms with Crippen molar-refractivity contribution in [3.8, 4) is 0 Å². The number of rotatable bonds is 5. The molecule has 1 aliphatic rings. The van der Waals surface area contributed by atoms with Gasteiger partial charge in [-0.05, 0) is 55.9 Å². The highest BCUT2D eigenvalue weighted by Crippen LogP contribution is 2.43. The van der Waals surface area contributed by atoms with Gasteiger partial charge in [-0.2, -0.15) is 0 Å². The van der Waals surface area contributed by atoms with Crippen molar-refractivity contribution in [3.05, 3.63) is 28.2 Å². The van der Waals surface area contributed by atoms with E-state index >= 15 is 0 Å². The lowest BCUT2D eigenvalue weighted by molar-refractivity contribution is 0.404. The predicted octanol–water partition coefficient (Wildman–Crippen LogP) is 3.69. The molecule has 0 spiro atoms. The summed E-state index contributed by atoms with van der Waals surface area (Å²) < 4.78 is 1.12. The van der Waals surface area contributed by atoms with Crippen LogP contribution in [-0.4, -0.2) is 12.1 Å². The topological polar surface area (TPSA) is 38.0 Å². The quantitative estimate of drug-likeness (QED) is 0.870. The number of halogens is 1. The average Bonchev–Trinajstić information content (AvgIpc) is 3.09. The number of anilines is 1. The van der Waals surface area contributed by atoms with Crippen LogP contribution in [0.5, 0.6) is 0 Å². The Labute approximate surface area is 112 Å². The fourth-order valence-corrected chi connectivity index (χ4v) is 3.18. The van der Waals surface area contributed by atoms with Gasteiger partial charge in [0, 0.05) is 16.7 Å². The first-order chi connectivity index (χ1) is 8.09. The molecule has 1 atom stereocenters. The van der Waals surface area contributed by atoms with Gasteiger partial charge in [-0.25, -0.2) is 0 Å². The summed E-state index contributed by atoms with van der Waals surface area (Å²) in [7, 11) is 0. The van der Waals surface area contributed by atoms with E-state index in [0.717, 1.165) is 16.8 Å². The minimum absolute atomic E-state index is 0.0905. The lowest BCUT2D eigenvalue weighted by Crippen LogP contribution is -2.47. The Hall–Kier alpha value is -0.540. The molecule has 0 radical (unpaired) electrons. The van der Waals surface area contributed by atoms with E-state index in [4.69, 9.17) is 5.73 Å². The molecule has 1 unspecified atom stereocenters. The molecule has 3 N–H and O–H groups in total. The molecule has 0 aromatic heterocycles. The average molecular weight is 297 g/mol. The van der Waals surface area contributed by atoms with Crippen molar-refractivity contribution in [1.82, 2.24) is 0 Å². The Kier molecular flexibility index (Phi) is 3.79. The molecule has 0 amide bonds. The van der Waals surface area contributed by atoms with Crippen LogP contribution in [0, 0.1) is 12.8 Å². The van der Waals surface area contributed by atoms with E-state index in [1.165, 1.54) is 24.1 Å². The van der Waals surface area contributed by atoms with E-state index < -0.39 is 0 Å². The van der Waals surface area contributed by atoms with Gasteiger partial charge in [-0.3, -0.25) is 0 Å². The maximum atomic E-state index is 6.01. The first kappa shape index (κ1) is 12.9. The maximum Gasteiger partial charge on any atom is 0.0521 e. The van der Waals surface area contributed by atoms with Crippen molar-refractivity contribution in [2.75, 3.05) is 11.9 Å². The highest BCUT2D eigenvalue weighted by Gasteiger charge is 2.42. The molecule has 1 aromatic rings. The number of nitrogens with one attached hydrogen (secondary N) is 1. The second-order valence-electron chi connectivity index (χ2n) is 5.13. The van der Waals surface area contributed by atoms with E-state index in [0.29, 0.717) is 6.54 Å². The fraction of sp³-hybridized carbons (Fsp3) is 0.571. The number of hydrogen-bond donors (Lipinski definition) is 2. The minimum atomic E-state index is 0.0905. The van der Waals surface area contributed by atoms with Crippen LogP contribution < -0.4 is 11.1 Å². The number of nitrogens with two attached hydrogens (primary N) is 1. The first-order valence-electron chi connectivity index (χ1n) is 6.35. The molecule has 2 nitrogen and oxygen atoms in total. The van der Waals surface area contributed by atoms with Gasteiger partial charge in [-0.1, -0.05) is 22.9 Å². The molecule has 1 aliphatic carbocycles. The molecule has 0 saturated heterocycles. The van der Waals surface area contributed by atoms with Crippen LogP contribution in [0.15, 0.2) is 22.7 Å². The van der Waals surface area contributed by atoms with Crippen LogP contribution in [0.2, 0.25) is 0 Å². The van der Waals surface area contributed by atoms with E-state index in [1.54, 1.807) is 0 Å². The number of benzene rings is 1. The molecule has 0 bridgehead atoms. The molecule has 1 saturated carbocycles. The molecule has 17 heavy (non-hydrogen) atoms. The van der Waals surface area contributed by atoms with Gasteiger partial charge in [0.1, 0.15) is 0 Å². The van der Waals surface area contributed by atoms with Gasteiger partial charge in [0.15, 0.2) is 0 Å². The Morgan fingerprint density at radius 1 is 1.41 bits per heavy atom. The minimum Gasteiger partial charge on any atom is -0.378 e. The highest BCUT2D eigenvalue weighted by molar-refractivity contribution is 9.10. The predicted molar refractivity (Wildman–Crippen MR) is 77.3 cm³/mol. The highest BCUT2D eigenvalue weighted by atomic mass is 79.9. The van der Waals surface area contributed by atoms with Crippen molar-refractivity contribution in [3.63, 3.8) is 0 Å². The van der Waals surface area contributed by atoms with Gasteiger partial charge in [0.25, 0.3) is 0 Å². The molecule has 3 heteroatoms. The second kappa shape index (κ2) is 4.99. The van der Waals surface area contributed by atoms with E-state index in [1.807, 2.05) is 0 Å². The van der Waals surface area contributed by atoms with Crippen molar-refractivity contribution >= 4 is 21.6 Å². The fourth-order valence-electron chi connectivity index (χ4n) is 2.57. The normalized spacial score (nSPS) is 18.8. The van der Waals surface area contributed by atoms with Gasteiger partial charge in [-0.15, -0.1) is 0 Å². The number of hydrogen-bond acceptors (Lipinski definition) is 2. The lowest BCUT2D eigenvalue weighted by atomic mass is 9.89. The van der Waals surface area contributed by atoms with Crippen molar-refractivity contribution < 1.29 is 0 Å². The third-order valence-electron chi connectivity index (χ3n) is 3.79. The van der Waals surface area contributed by atoms with Gasteiger partial charge < -0.3 is 11.1 Å². The molecular formula is C14H21BrN2. The second-order valence-corrected chi connectivity index (χ2v) is 6.05. The van der Waals surface area contributed by atoms with Gasteiger partial charge >= 0.3 is 0 Å². The van der Waals surface area contributed by atoms with E-state index in [9.17, 15) is 0 Å². The van der Waals surface area contributed by atoms with Crippen molar-refractivity contribution in [2.24, 2.45) is 11.7 Å². The zero-order valence-corrected chi connectivity index (χ0v) is 12.2. The smallest absolute Gasteiger partial charge is 0.0521 e. The third kappa shape index (κ3) is 2.83. The SMILES string of the molecule is CCC(CN)(Nc1cc(C)cc(Br)c1)C1CC1. The summed E-state index contributed by atoms with van der Waals surface area (Å²) >= 11 is 3.55. The van der Waals surface area contributed by atoms with E-state index in [-0.39, 0.29) is 5.54 Å². The summed E-state index contributed by atoms with van der Waals surface area (Å²) in [6, 6.07) is 6.45. The third-order valence-corrected chi connectivity index (χ3v) is 4.25. The van der Waals surface area contributed by atoms with Gasteiger partial charge in [0.05, 0.1) is 5.54 Å². The molecule has 0 heterocycles. The first-order valence-corrected chi connectivity index (χ1v) is 7.14. The largest absolute Gasteiger partial charge is 0.378 e. The zero-order chi connectivity index (χ0) is 12.5. The summed E-state index contributed by atoms with van der Waals surface area (Å²) in [4.78, 5) is 0. The van der Waals surface area contributed by atoms with Crippen molar-refractivity contribution in [2.45, 2.75) is 38.6 Å². The lowest BCUT2D eigenvalue weighted by Gasteiger charge is -2.34. The molecule has 0 aliphatic heterocycles. The molecular weight excluding hydrogens is 276 g/mol. The maximum absolute atomic E-state index is 6.01. The summed E-state index contributed by atoms with van der Waals surface area (Å²) in [5.74, 6) is 0.747. The molecule has 1 fully saturated rings. The van der Waals surface area contributed by atoms with Crippen LogP contribution in [0.4, 0.5) is 5.69 Å². The van der Waals surface area contributed by atoms with Crippen LogP contribution >= 0.6 is 15.9 Å². The summed E-state index contributed by atoms with van der Waals surface area (Å²) in [5.41, 5.74) is 8.54. The Balaban J connectivity index is 2.22. The monoisotopic (exact) mass is 296 g/mol. The Morgan fingerprint density at radius 2 is 2.12 bits per heavy atom. The summed E-state index contributed by atoms with van der Waals surface area (Å²) in [6.07, 6.45) is 3.70. The standard InChI is InChI=1S/C14H21BrN2/c1-3-14(9-16,11-4-5-11)17-13-7-10(2)6-12(15)8-13/h6-8,11,17H,3-5,9,16H2,1-2H3. The zero-order valence-electron chi connectivity index (χ0n) is 10.6. The molecule has 2 rings (SSSR count). The Morgan fingerprint density at radius 3 is 2.59 bits per heavy atom. The number of aryl methyl sites for hydroxylation is 1. The molecule has 1 aromatic carbocycles. The van der Waals surface area contributed by atoms with E-state index in [2.05, 4.69) is 53.3 Å². The van der Waals surface area contributed by atoms with Crippen LogP contribution in [0.1, 0.15) is 31.7 Å². The van der Waals surface area contributed by atoms with Crippen LogP contribution in [-0.2, 0) is 0 Å².